The summed E-state index contributed by atoms with van der Waals surface area (Å²) in [5.41, 5.74) is 1.40. The maximum Gasteiger partial charge on any atom is 0.0540 e. The minimum Gasteiger partial charge on any atom is -0.393 e. The van der Waals surface area contributed by atoms with Crippen molar-refractivity contribution in [1.29, 1.82) is 0 Å². The molecular formula is C15H23NO. The van der Waals surface area contributed by atoms with Crippen molar-refractivity contribution in [3.05, 3.63) is 35.9 Å². The van der Waals surface area contributed by atoms with Crippen LogP contribution in [0.5, 0.6) is 0 Å². The molecule has 0 radical (unpaired) electrons. The number of nitrogens with one attached hydrogen (secondary N) is 1. The lowest BCUT2D eigenvalue weighted by atomic mass is 9.87. The fourth-order valence-corrected chi connectivity index (χ4v) is 2.53. The number of hydrogen-bond acceptors (Lipinski definition) is 2. The first-order valence-electron chi connectivity index (χ1n) is 6.77. The van der Waals surface area contributed by atoms with Gasteiger partial charge in [0.2, 0.25) is 0 Å². The summed E-state index contributed by atoms with van der Waals surface area (Å²) in [5, 5.41) is 13.0. The van der Waals surface area contributed by atoms with Crippen LogP contribution in [0.4, 0.5) is 0 Å². The van der Waals surface area contributed by atoms with Crippen molar-refractivity contribution in [3.8, 4) is 0 Å². The van der Waals surface area contributed by atoms with E-state index >= 15 is 0 Å². The maximum absolute atomic E-state index is 9.43. The smallest absolute Gasteiger partial charge is 0.0540 e. The molecule has 0 aliphatic heterocycles. The lowest BCUT2D eigenvalue weighted by Gasteiger charge is -2.25. The molecule has 2 N–H and O–H groups in total. The van der Waals surface area contributed by atoms with E-state index in [0.717, 1.165) is 38.3 Å². The molecule has 0 atom stereocenters. The Morgan fingerprint density at radius 3 is 2.47 bits per heavy atom. The molecule has 0 aromatic heterocycles. The normalized spacial score (nSPS) is 24.8. The molecule has 2 rings (SSSR count). The lowest BCUT2D eigenvalue weighted by molar-refractivity contribution is 0.108. The number of aliphatic hydroxyl groups is 1. The molecule has 2 heteroatoms. The van der Waals surface area contributed by atoms with Crippen LogP contribution in [-0.4, -0.2) is 24.3 Å². The molecule has 0 amide bonds. The molecule has 1 aliphatic rings. The van der Waals surface area contributed by atoms with E-state index in [2.05, 4.69) is 35.6 Å². The molecule has 17 heavy (non-hydrogen) atoms. The third kappa shape index (κ3) is 4.49. The van der Waals surface area contributed by atoms with Gasteiger partial charge >= 0.3 is 0 Å². The van der Waals surface area contributed by atoms with Gasteiger partial charge in [-0.15, -0.1) is 0 Å². The van der Waals surface area contributed by atoms with Gasteiger partial charge in [0.05, 0.1) is 6.10 Å². The Kier molecular flexibility index (Phi) is 5.02. The third-order valence-corrected chi connectivity index (χ3v) is 3.68. The Morgan fingerprint density at radius 2 is 1.76 bits per heavy atom. The first-order valence-corrected chi connectivity index (χ1v) is 6.77. The van der Waals surface area contributed by atoms with E-state index in [4.69, 9.17) is 0 Å². The molecule has 1 aliphatic carbocycles. The Bertz CT molecular complexity index is 304. The quantitative estimate of drug-likeness (QED) is 0.765. The van der Waals surface area contributed by atoms with E-state index in [-0.39, 0.29) is 6.10 Å². The Morgan fingerprint density at radius 1 is 1.06 bits per heavy atom. The van der Waals surface area contributed by atoms with Crippen LogP contribution in [0.15, 0.2) is 30.3 Å². The predicted molar refractivity (Wildman–Crippen MR) is 71.0 cm³/mol. The molecule has 0 unspecified atom stereocenters. The second-order valence-electron chi connectivity index (χ2n) is 5.11. The summed E-state index contributed by atoms with van der Waals surface area (Å²) < 4.78 is 0. The van der Waals surface area contributed by atoms with E-state index in [0.29, 0.717) is 0 Å². The van der Waals surface area contributed by atoms with Crippen LogP contribution in [0.1, 0.15) is 31.2 Å². The summed E-state index contributed by atoms with van der Waals surface area (Å²) in [4.78, 5) is 0. The standard InChI is InChI=1S/C15H23NO/c17-15-8-6-14(7-9-15)12-16-11-10-13-4-2-1-3-5-13/h1-5,14-17H,6-12H2. The minimum atomic E-state index is -0.0319. The van der Waals surface area contributed by atoms with Crippen LogP contribution in [0.25, 0.3) is 0 Å². The van der Waals surface area contributed by atoms with Crippen LogP contribution in [0.3, 0.4) is 0 Å². The van der Waals surface area contributed by atoms with Gasteiger partial charge in [0.1, 0.15) is 0 Å². The molecule has 1 saturated carbocycles. The Balaban J connectivity index is 1.57. The highest BCUT2D eigenvalue weighted by molar-refractivity contribution is 5.14. The van der Waals surface area contributed by atoms with E-state index in [1.54, 1.807) is 0 Å². The summed E-state index contributed by atoms with van der Waals surface area (Å²) in [6.45, 7) is 2.17. The highest BCUT2D eigenvalue weighted by Gasteiger charge is 2.18. The Hall–Kier alpha value is -0.860. The van der Waals surface area contributed by atoms with E-state index in [1.807, 2.05) is 0 Å². The molecule has 0 spiro atoms. The number of hydrogen-bond donors (Lipinski definition) is 2. The zero-order valence-electron chi connectivity index (χ0n) is 10.4. The van der Waals surface area contributed by atoms with Gasteiger partial charge in [-0.25, -0.2) is 0 Å². The second kappa shape index (κ2) is 6.77. The van der Waals surface area contributed by atoms with E-state index in [9.17, 15) is 5.11 Å². The fourth-order valence-electron chi connectivity index (χ4n) is 2.53. The first-order chi connectivity index (χ1) is 8.34. The highest BCUT2D eigenvalue weighted by atomic mass is 16.3. The maximum atomic E-state index is 9.43. The van der Waals surface area contributed by atoms with Crippen LogP contribution in [0, 0.1) is 5.92 Å². The van der Waals surface area contributed by atoms with Gasteiger partial charge in [0.15, 0.2) is 0 Å². The molecule has 1 aromatic rings. The topological polar surface area (TPSA) is 32.3 Å². The van der Waals surface area contributed by atoms with Crippen molar-refractivity contribution in [2.24, 2.45) is 5.92 Å². The van der Waals surface area contributed by atoms with Crippen LogP contribution in [-0.2, 0) is 6.42 Å². The molecule has 0 bridgehead atoms. The molecule has 1 fully saturated rings. The molecule has 94 valence electrons. The van der Waals surface area contributed by atoms with Crippen molar-refractivity contribution in [3.63, 3.8) is 0 Å². The summed E-state index contributed by atoms with van der Waals surface area (Å²) in [6.07, 6.45) is 5.42. The highest BCUT2D eigenvalue weighted by Crippen LogP contribution is 2.23. The third-order valence-electron chi connectivity index (χ3n) is 3.68. The van der Waals surface area contributed by atoms with Gasteiger partial charge < -0.3 is 10.4 Å². The molecule has 0 saturated heterocycles. The molecule has 1 aromatic carbocycles. The van der Waals surface area contributed by atoms with Crippen molar-refractivity contribution in [2.75, 3.05) is 13.1 Å². The number of aliphatic hydroxyl groups excluding tert-OH is 1. The molecule has 0 heterocycles. The molecule has 2 nitrogen and oxygen atoms in total. The van der Waals surface area contributed by atoms with Crippen molar-refractivity contribution < 1.29 is 5.11 Å². The number of benzene rings is 1. The lowest BCUT2D eigenvalue weighted by Crippen LogP contribution is -2.29. The van der Waals surface area contributed by atoms with Crippen LogP contribution >= 0.6 is 0 Å². The monoisotopic (exact) mass is 233 g/mol. The van der Waals surface area contributed by atoms with Crippen molar-refractivity contribution in [1.82, 2.24) is 5.32 Å². The molecular weight excluding hydrogens is 210 g/mol. The predicted octanol–water partition coefficient (Wildman–Crippen LogP) is 2.37. The van der Waals surface area contributed by atoms with Gasteiger partial charge in [-0.3, -0.25) is 0 Å². The fraction of sp³-hybridized carbons (Fsp3) is 0.600. The zero-order valence-corrected chi connectivity index (χ0v) is 10.4. The summed E-state index contributed by atoms with van der Waals surface area (Å²) >= 11 is 0. The van der Waals surface area contributed by atoms with Gasteiger partial charge in [-0.2, -0.15) is 0 Å². The summed E-state index contributed by atoms with van der Waals surface area (Å²) in [7, 11) is 0. The van der Waals surface area contributed by atoms with Crippen molar-refractivity contribution >= 4 is 0 Å². The van der Waals surface area contributed by atoms with Gasteiger partial charge in [0.25, 0.3) is 0 Å². The first kappa shape index (κ1) is 12.6. The SMILES string of the molecule is OC1CCC(CNCCc2ccccc2)CC1. The average molecular weight is 233 g/mol. The van der Waals surface area contributed by atoms with E-state index < -0.39 is 0 Å². The largest absolute Gasteiger partial charge is 0.393 e. The second-order valence-corrected chi connectivity index (χ2v) is 5.11. The van der Waals surface area contributed by atoms with E-state index in [1.165, 1.54) is 18.4 Å². The number of rotatable bonds is 5. The van der Waals surface area contributed by atoms with Gasteiger partial charge in [-0.05, 0) is 56.7 Å². The minimum absolute atomic E-state index is 0.0319. The zero-order chi connectivity index (χ0) is 11.9. The van der Waals surface area contributed by atoms with Gasteiger partial charge in [-0.1, -0.05) is 30.3 Å². The average Bonchev–Trinajstić information content (AvgIpc) is 2.38. The summed E-state index contributed by atoms with van der Waals surface area (Å²) in [5.74, 6) is 0.772. The summed E-state index contributed by atoms with van der Waals surface area (Å²) in [6, 6.07) is 10.6. The van der Waals surface area contributed by atoms with Crippen molar-refractivity contribution in [2.45, 2.75) is 38.2 Å². The Labute approximate surface area is 104 Å². The van der Waals surface area contributed by atoms with Crippen LogP contribution < -0.4 is 5.32 Å². The van der Waals surface area contributed by atoms with Gasteiger partial charge in [0, 0.05) is 0 Å². The van der Waals surface area contributed by atoms with Crippen LogP contribution in [0.2, 0.25) is 0 Å².